The summed E-state index contributed by atoms with van der Waals surface area (Å²) in [6.45, 7) is 0. The second-order valence-electron chi connectivity index (χ2n) is 4.31. The standard InChI is InChI=1S/C14H10F2N2O/c15-9-6-11(16)14-12(7-9)17-13(18-14)5-8-2-1-3-10(19)4-8/h1-4,6-7,19H,5H2,(H,17,18). The molecule has 0 amide bonds. The monoisotopic (exact) mass is 260 g/mol. The maximum Gasteiger partial charge on any atom is 0.153 e. The van der Waals surface area contributed by atoms with Crippen molar-refractivity contribution in [2.45, 2.75) is 6.42 Å². The summed E-state index contributed by atoms with van der Waals surface area (Å²) in [5, 5.41) is 9.37. The van der Waals surface area contributed by atoms with Gasteiger partial charge in [0.15, 0.2) is 5.82 Å². The molecule has 5 heteroatoms. The highest BCUT2D eigenvalue weighted by molar-refractivity contribution is 5.75. The van der Waals surface area contributed by atoms with E-state index < -0.39 is 11.6 Å². The Morgan fingerprint density at radius 3 is 2.79 bits per heavy atom. The molecule has 0 spiro atoms. The Bertz CT molecular complexity index is 752. The minimum absolute atomic E-state index is 0.122. The zero-order valence-corrected chi connectivity index (χ0v) is 9.82. The van der Waals surface area contributed by atoms with Crippen LogP contribution in [0.5, 0.6) is 5.75 Å². The number of nitrogens with one attached hydrogen (secondary N) is 1. The van der Waals surface area contributed by atoms with Gasteiger partial charge in [0.25, 0.3) is 0 Å². The number of rotatable bonds is 2. The minimum Gasteiger partial charge on any atom is -0.508 e. The number of nitrogens with zero attached hydrogens (tertiary/aromatic N) is 1. The topological polar surface area (TPSA) is 48.9 Å². The van der Waals surface area contributed by atoms with E-state index in [0.717, 1.165) is 11.6 Å². The molecule has 0 aliphatic carbocycles. The summed E-state index contributed by atoms with van der Waals surface area (Å²) < 4.78 is 26.6. The molecule has 3 rings (SSSR count). The number of phenolic OH excluding ortho intramolecular Hbond substituents is 1. The van der Waals surface area contributed by atoms with Crippen LogP contribution in [0.1, 0.15) is 11.4 Å². The first kappa shape index (κ1) is 11.6. The van der Waals surface area contributed by atoms with Crippen LogP contribution in [0.2, 0.25) is 0 Å². The molecule has 1 aromatic heterocycles. The highest BCUT2D eigenvalue weighted by atomic mass is 19.1. The smallest absolute Gasteiger partial charge is 0.153 e. The number of aromatic hydroxyl groups is 1. The Balaban J connectivity index is 2.00. The molecule has 0 saturated heterocycles. The number of imidazole rings is 1. The molecule has 96 valence electrons. The van der Waals surface area contributed by atoms with E-state index >= 15 is 0 Å². The van der Waals surface area contributed by atoms with Gasteiger partial charge in [-0.1, -0.05) is 12.1 Å². The lowest BCUT2D eigenvalue weighted by Crippen LogP contribution is -1.90. The van der Waals surface area contributed by atoms with Crippen LogP contribution in [-0.2, 0) is 6.42 Å². The molecule has 19 heavy (non-hydrogen) atoms. The van der Waals surface area contributed by atoms with Crippen molar-refractivity contribution in [3.05, 3.63) is 59.4 Å². The summed E-state index contributed by atoms with van der Waals surface area (Å²) in [5.74, 6) is -0.651. The molecule has 0 bridgehead atoms. The molecule has 0 saturated carbocycles. The summed E-state index contributed by atoms with van der Waals surface area (Å²) in [7, 11) is 0. The maximum atomic E-state index is 13.5. The molecule has 0 aliphatic rings. The Labute approximate surface area is 107 Å². The highest BCUT2D eigenvalue weighted by Gasteiger charge is 2.10. The number of phenols is 1. The van der Waals surface area contributed by atoms with E-state index in [1.54, 1.807) is 18.2 Å². The highest BCUT2D eigenvalue weighted by Crippen LogP contribution is 2.19. The third-order valence-corrected chi connectivity index (χ3v) is 2.84. The van der Waals surface area contributed by atoms with Crippen LogP contribution in [0.15, 0.2) is 36.4 Å². The van der Waals surface area contributed by atoms with Crippen molar-refractivity contribution in [2.75, 3.05) is 0 Å². The van der Waals surface area contributed by atoms with Gasteiger partial charge in [-0.2, -0.15) is 0 Å². The lowest BCUT2D eigenvalue weighted by atomic mass is 10.1. The van der Waals surface area contributed by atoms with E-state index in [4.69, 9.17) is 0 Å². The Kier molecular flexibility index (Phi) is 2.67. The number of aromatic nitrogens is 2. The van der Waals surface area contributed by atoms with Crippen molar-refractivity contribution in [3.63, 3.8) is 0 Å². The van der Waals surface area contributed by atoms with Gasteiger partial charge in [-0.3, -0.25) is 0 Å². The van der Waals surface area contributed by atoms with Crippen LogP contribution in [0.3, 0.4) is 0 Å². The average molecular weight is 260 g/mol. The molecule has 0 fully saturated rings. The van der Waals surface area contributed by atoms with Crippen molar-refractivity contribution in [3.8, 4) is 5.75 Å². The van der Waals surface area contributed by atoms with E-state index in [-0.39, 0.29) is 11.3 Å². The van der Waals surface area contributed by atoms with Crippen LogP contribution in [0, 0.1) is 11.6 Å². The van der Waals surface area contributed by atoms with Crippen molar-refractivity contribution >= 4 is 11.0 Å². The van der Waals surface area contributed by atoms with Gasteiger partial charge in [0, 0.05) is 12.5 Å². The van der Waals surface area contributed by atoms with Crippen LogP contribution in [0.25, 0.3) is 11.0 Å². The summed E-state index contributed by atoms with van der Waals surface area (Å²) in [6.07, 6.45) is 0.407. The Hall–Kier alpha value is -2.43. The normalized spacial score (nSPS) is 11.1. The van der Waals surface area contributed by atoms with E-state index in [9.17, 15) is 13.9 Å². The largest absolute Gasteiger partial charge is 0.508 e. The molecule has 3 aromatic rings. The molecular formula is C14H10F2N2O. The second-order valence-corrected chi connectivity index (χ2v) is 4.31. The number of hydrogen-bond acceptors (Lipinski definition) is 2. The lowest BCUT2D eigenvalue weighted by Gasteiger charge is -1.98. The van der Waals surface area contributed by atoms with Gasteiger partial charge < -0.3 is 10.1 Å². The molecule has 0 unspecified atom stereocenters. The first-order valence-electron chi connectivity index (χ1n) is 5.73. The number of H-pyrrole nitrogens is 1. The van der Waals surface area contributed by atoms with E-state index in [2.05, 4.69) is 9.97 Å². The van der Waals surface area contributed by atoms with Crippen molar-refractivity contribution in [1.29, 1.82) is 0 Å². The molecule has 0 atom stereocenters. The van der Waals surface area contributed by atoms with Crippen LogP contribution in [0.4, 0.5) is 8.78 Å². The van der Waals surface area contributed by atoms with Gasteiger partial charge in [-0.05, 0) is 23.8 Å². The van der Waals surface area contributed by atoms with Gasteiger partial charge in [0.2, 0.25) is 0 Å². The van der Waals surface area contributed by atoms with Crippen LogP contribution >= 0.6 is 0 Å². The number of halogens is 2. The first-order valence-corrected chi connectivity index (χ1v) is 5.73. The summed E-state index contributed by atoms with van der Waals surface area (Å²) in [4.78, 5) is 6.97. The van der Waals surface area contributed by atoms with E-state index in [1.807, 2.05) is 6.07 Å². The molecular weight excluding hydrogens is 250 g/mol. The number of benzene rings is 2. The van der Waals surface area contributed by atoms with Crippen LogP contribution < -0.4 is 0 Å². The quantitative estimate of drug-likeness (QED) is 0.743. The zero-order chi connectivity index (χ0) is 13.4. The van der Waals surface area contributed by atoms with Gasteiger partial charge in [-0.15, -0.1) is 0 Å². The second kappa shape index (κ2) is 4.35. The number of fused-ring (bicyclic) bond motifs is 1. The molecule has 3 nitrogen and oxygen atoms in total. The molecule has 0 aliphatic heterocycles. The molecule has 2 N–H and O–H groups in total. The van der Waals surface area contributed by atoms with Crippen molar-refractivity contribution in [1.82, 2.24) is 9.97 Å². The number of aromatic amines is 1. The van der Waals surface area contributed by atoms with Gasteiger partial charge >= 0.3 is 0 Å². The maximum absolute atomic E-state index is 13.5. The molecule has 0 radical (unpaired) electrons. The first-order chi connectivity index (χ1) is 9.11. The summed E-state index contributed by atoms with van der Waals surface area (Å²) in [5.41, 5.74) is 1.28. The Morgan fingerprint density at radius 1 is 1.16 bits per heavy atom. The summed E-state index contributed by atoms with van der Waals surface area (Å²) in [6, 6.07) is 8.72. The summed E-state index contributed by atoms with van der Waals surface area (Å²) >= 11 is 0. The van der Waals surface area contributed by atoms with Crippen LogP contribution in [-0.4, -0.2) is 15.1 Å². The number of hydrogen-bond donors (Lipinski definition) is 2. The van der Waals surface area contributed by atoms with Gasteiger partial charge in [0.05, 0.1) is 5.52 Å². The Morgan fingerprint density at radius 2 is 2.00 bits per heavy atom. The predicted octanol–water partition coefficient (Wildman–Crippen LogP) is 3.14. The fourth-order valence-electron chi connectivity index (χ4n) is 2.04. The average Bonchev–Trinajstić information content (AvgIpc) is 2.71. The lowest BCUT2D eigenvalue weighted by molar-refractivity contribution is 0.474. The van der Waals surface area contributed by atoms with E-state index in [0.29, 0.717) is 17.8 Å². The van der Waals surface area contributed by atoms with Gasteiger partial charge in [0.1, 0.15) is 22.9 Å². The predicted molar refractivity (Wildman–Crippen MR) is 66.9 cm³/mol. The SMILES string of the molecule is Oc1cccc(Cc2nc3c(F)cc(F)cc3[nH]2)c1. The molecule has 1 heterocycles. The van der Waals surface area contributed by atoms with Crippen molar-refractivity contribution in [2.24, 2.45) is 0 Å². The van der Waals surface area contributed by atoms with E-state index in [1.165, 1.54) is 6.07 Å². The molecule has 2 aromatic carbocycles. The van der Waals surface area contributed by atoms with Gasteiger partial charge in [-0.25, -0.2) is 13.8 Å². The zero-order valence-electron chi connectivity index (χ0n) is 9.82. The fourth-order valence-corrected chi connectivity index (χ4v) is 2.04. The fraction of sp³-hybridized carbons (Fsp3) is 0.0714. The third kappa shape index (κ3) is 2.27. The van der Waals surface area contributed by atoms with Crippen molar-refractivity contribution < 1.29 is 13.9 Å². The third-order valence-electron chi connectivity index (χ3n) is 2.84. The minimum atomic E-state index is -0.687.